The van der Waals surface area contributed by atoms with E-state index in [2.05, 4.69) is 10.2 Å². The summed E-state index contributed by atoms with van der Waals surface area (Å²) < 4.78 is 16.0. The van der Waals surface area contributed by atoms with Crippen molar-refractivity contribution in [1.29, 1.82) is 0 Å². The molecule has 1 aromatic carbocycles. The predicted octanol–water partition coefficient (Wildman–Crippen LogP) is 1.65. The molecule has 1 aliphatic rings. The molecule has 0 saturated heterocycles. The first kappa shape index (κ1) is 12.5. The molecule has 0 aliphatic carbocycles. The Kier molecular flexibility index (Phi) is 3.03. The monoisotopic (exact) mass is 276 g/mol. The van der Waals surface area contributed by atoms with Crippen molar-refractivity contribution in [3.05, 3.63) is 29.5 Å². The minimum absolute atomic E-state index is 0.0114. The van der Waals surface area contributed by atoms with Crippen LogP contribution in [0, 0.1) is 0 Å². The van der Waals surface area contributed by atoms with Crippen molar-refractivity contribution in [2.24, 2.45) is 0 Å². The molecule has 0 amide bonds. The van der Waals surface area contributed by atoms with Crippen LogP contribution < -0.4 is 9.47 Å². The van der Waals surface area contributed by atoms with Gasteiger partial charge < -0.3 is 19.3 Å². The topological polar surface area (TPSA) is 93.7 Å². The molecule has 7 heteroatoms. The molecule has 0 bridgehead atoms. The minimum atomic E-state index is -1.07. The van der Waals surface area contributed by atoms with Crippen molar-refractivity contribution in [2.75, 3.05) is 13.9 Å². The van der Waals surface area contributed by atoms with E-state index >= 15 is 0 Å². The predicted molar refractivity (Wildman–Crippen MR) is 67.8 cm³/mol. The quantitative estimate of drug-likeness (QED) is 0.885. The molecule has 0 saturated carbocycles. The highest BCUT2D eigenvalue weighted by molar-refractivity contribution is 5.87. The molecule has 1 aliphatic heterocycles. The van der Waals surface area contributed by atoms with Gasteiger partial charge in [0.2, 0.25) is 0 Å². The molecule has 0 atom stereocenters. The average molecular weight is 276 g/mol. The van der Waals surface area contributed by atoms with Crippen molar-refractivity contribution < 1.29 is 24.1 Å². The van der Waals surface area contributed by atoms with E-state index in [-0.39, 0.29) is 12.5 Å². The number of nitrogens with zero attached hydrogens (tertiary/aromatic N) is 1. The molecule has 0 radical (unpaired) electrons. The number of aromatic nitrogens is 2. The normalized spacial score (nSPS) is 13.4. The van der Waals surface area contributed by atoms with Crippen molar-refractivity contribution in [3.8, 4) is 22.8 Å². The van der Waals surface area contributed by atoms with E-state index in [1.165, 1.54) is 6.07 Å². The van der Waals surface area contributed by atoms with Crippen LogP contribution in [0.25, 0.3) is 11.3 Å². The van der Waals surface area contributed by atoms with E-state index in [9.17, 15) is 4.79 Å². The summed E-state index contributed by atoms with van der Waals surface area (Å²) in [6.07, 6.45) is 0. The lowest BCUT2D eigenvalue weighted by molar-refractivity contribution is -0.0161. The lowest BCUT2D eigenvalue weighted by atomic mass is 10.0. The number of H-pyrrole nitrogens is 1. The fourth-order valence-electron chi connectivity index (χ4n) is 2.14. The number of aromatic carboxylic acids is 1. The minimum Gasteiger partial charge on any atom is -0.496 e. The van der Waals surface area contributed by atoms with E-state index in [1.54, 1.807) is 19.2 Å². The van der Waals surface area contributed by atoms with Gasteiger partial charge in [-0.05, 0) is 18.2 Å². The number of rotatable bonds is 3. The Morgan fingerprint density at radius 2 is 2.35 bits per heavy atom. The number of aromatic amines is 1. The van der Waals surface area contributed by atoms with E-state index in [4.69, 9.17) is 19.3 Å². The Morgan fingerprint density at radius 1 is 1.50 bits per heavy atom. The van der Waals surface area contributed by atoms with Crippen LogP contribution in [0.15, 0.2) is 18.2 Å². The number of carboxylic acids is 1. The van der Waals surface area contributed by atoms with E-state index in [0.29, 0.717) is 29.4 Å². The van der Waals surface area contributed by atoms with E-state index < -0.39 is 5.97 Å². The van der Waals surface area contributed by atoms with Crippen molar-refractivity contribution >= 4 is 5.97 Å². The molecule has 0 unspecified atom stereocenters. The highest BCUT2D eigenvalue weighted by atomic mass is 16.7. The van der Waals surface area contributed by atoms with Gasteiger partial charge in [-0.3, -0.25) is 5.10 Å². The zero-order valence-electron chi connectivity index (χ0n) is 10.7. The van der Waals surface area contributed by atoms with Crippen LogP contribution in [0.3, 0.4) is 0 Å². The third-order valence-electron chi connectivity index (χ3n) is 3.06. The summed E-state index contributed by atoms with van der Waals surface area (Å²) >= 11 is 0. The maximum absolute atomic E-state index is 10.9. The molecule has 1 aromatic heterocycles. The summed E-state index contributed by atoms with van der Waals surface area (Å²) in [7, 11) is 1.54. The number of ether oxygens (including phenoxy) is 3. The fraction of sp³-hybridized carbons (Fsp3) is 0.231. The summed E-state index contributed by atoms with van der Waals surface area (Å²) in [5, 5.41) is 15.5. The lowest BCUT2D eigenvalue weighted by Gasteiger charge is -2.21. The second-order valence-electron chi connectivity index (χ2n) is 4.20. The second kappa shape index (κ2) is 4.86. The first-order valence-electron chi connectivity index (χ1n) is 5.90. The third kappa shape index (κ3) is 1.97. The number of benzene rings is 1. The maximum Gasteiger partial charge on any atom is 0.353 e. The zero-order chi connectivity index (χ0) is 14.1. The SMILES string of the molecule is COc1ccc2c(c1-c1cc(C(=O)O)[nH]n1)COCO2. The van der Waals surface area contributed by atoms with Crippen LogP contribution in [0.4, 0.5) is 0 Å². The Labute approximate surface area is 114 Å². The first-order valence-corrected chi connectivity index (χ1v) is 5.90. The molecule has 0 spiro atoms. The smallest absolute Gasteiger partial charge is 0.353 e. The van der Waals surface area contributed by atoms with Crippen LogP contribution >= 0.6 is 0 Å². The highest BCUT2D eigenvalue weighted by Crippen LogP contribution is 2.39. The number of hydrogen-bond donors (Lipinski definition) is 2. The van der Waals surface area contributed by atoms with Gasteiger partial charge in [-0.25, -0.2) is 4.79 Å². The molecule has 20 heavy (non-hydrogen) atoms. The molecule has 3 rings (SSSR count). The van der Waals surface area contributed by atoms with Crippen LogP contribution in [-0.2, 0) is 11.3 Å². The first-order chi connectivity index (χ1) is 9.70. The molecule has 104 valence electrons. The van der Waals surface area contributed by atoms with Gasteiger partial charge in [0.15, 0.2) is 6.79 Å². The summed E-state index contributed by atoms with van der Waals surface area (Å²) in [5.41, 5.74) is 1.95. The average Bonchev–Trinajstić information content (AvgIpc) is 2.95. The number of fused-ring (bicyclic) bond motifs is 1. The van der Waals surface area contributed by atoms with Gasteiger partial charge in [0.25, 0.3) is 0 Å². The van der Waals surface area contributed by atoms with Crippen LogP contribution in [0.1, 0.15) is 16.1 Å². The van der Waals surface area contributed by atoms with Crippen LogP contribution in [0.2, 0.25) is 0 Å². The van der Waals surface area contributed by atoms with E-state index in [0.717, 1.165) is 5.56 Å². The number of carboxylic acid groups (broad SMARTS) is 1. The molecule has 0 fully saturated rings. The van der Waals surface area contributed by atoms with Gasteiger partial charge in [0.05, 0.1) is 25.0 Å². The second-order valence-corrected chi connectivity index (χ2v) is 4.20. The summed E-state index contributed by atoms with van der Waals surface area (Å²) in [6, 6.07) is 5.01. The van der Waals surface area contributed by atoms with Gasteiger partial charge in [-0.15, -0.1) is 0 Å². The Hall–Kier alpha value is -2.54. The molecule has 7 nitrogen and oxygen atoms in total. The molecular formula is C13H12N2O5. The highest BCUT2D eigenvalue weighted by Gasteiger charge is 2.22. The van der Waals surface area contributed by atoms with Gasteiger partial charge in [-0.1, -0.05) is 0 Å². The van der Waals surface area contributed by atoms with Gasteiger partial charge in [0.1, 0.15) is 17.2 Å². The third-order valence-corrected chi connectivity index (χ3v) is 3.06. The Bertz CT molecular complexity index is 665. The Balaban J connectivity index is 2.17. The fourth-order valence-corrected chi connectivity index (χ4v) is 2.14. The standard InChI is InChI=1S/C13H12N2O5/c1-18-11-3-2-10-7(5-19-6-20-10)12(11)8-4-9(13(16)17)15-14-8/h2-4H,5-6H2,1H3,(H,14,15)(H,16,17). The summed E-state index contributed by atoms with van der Waals surface area (Å²) in [6.45, 7) is 0.552. The largest absolute Gasteiger partial charge is 0.496 e. The van der Waals surface area contributed by atoms with Gasteiger partial charge in [-0.2, -0.15) is 5.10 Å². The molecule has 2 heterocycles. The Morgan fingerprint density at radius 3 is 3.05 bits per heavy atom. The zero-order valence-corrected chi connectivity index (χ0v) is 10.7. The van der Waals surface area contributed by atoms with Crippen LogP contribution in [-0.4, -0.2) is 35.2 Å². The van der Waals surface area contributed by atoms with Crippen LogP contribution in [0.5, 0.6) is 11.5 Å². The number of hydrogen-bond acceptors (Lipinski definition) is 5. The van der Waals surface area contributed by atoms with Crippen molar-refractivity contribution in [2.45, 2.75) is 6.61 Å². The molecule has 2 N–H and O–H groups in total. The van der Waals surface area contributed by atoms with Crippen molar-refractivity contribution in [1.82, 2.24) is 10.2 Å². The van der Waals surface area contributed by atoms with Gasteiger partial charge in [0, 0.05) is 5.56 Å². The maximum atomic E-state index is 10.9. The van der Waals surface area contributed by atoms with Crippen molar-refractivity contribution in [3.63, 3.8) is 0 Å². The molecular weight excluding hydrogens is 264 g/mol. The van der Waals surface area contributed by atoms with E-state index in [1.807, 2.05) is 0 Å². The summed E-state index contributed by atoms with van der Waals surface area (Å²) in [4.78, 5) is 10.9. The summed E-state index contributed by atoms with van der Waals surface area (Å²) in [5.74, 6) is 0.202. The lowest BCUT2D eigenvalue weighted by Crippen LogP contribution is -2.12. The molecule has 2 aromatic rings. The number of nitrogens with one attached hydrogen (secondary N) is 1. The van der Waals surface area contributed by atoms with Gasteiger partial charge >= 0.3 is 5.97 Å². The number of carbonyl (C=O) groups is 1. The number of methoxy groups -OCH3 is 1.